The van der Waals surface area contributed by atoms with Crippen molar-refractivity contribution in [3.63, 3.8) is 0 Å². The average molecular weight is 299 g/mol. The Morgan fingerprint density at radius 2 is 2.00 bits per heavy atom. The molecule has 0 heterocycles. The number of benzene rings is 1. The second-order valence-corrected chi connectivity index (χ2v) is 6.52. The van der Waals surface area contributed by atoms with Crippen molar-refractivity contribution in [3.8, 4) is 0 Å². The molecule has 20 heavy (non-hydrogen) atoms. The normalized spacial score (nSPS) is 11.7. The maximum absolute atomic E-state index is 6.37. The van der Waals surface area contributed by atoms with Gasteiger partial charge in [0.25, 0.3) is 0 Å². The van der Waals surface area contributed by atoms with Crippen molar-refractivity contribution in [2.45, 2.75) is 39.3 Å². The molecule has 1 N–H and O–H groups in total. The molecule has 0 fully saturated rings. The highest BCUT2D eigenvalue weighted by Crippen LogP contribution is 2.27. The van der Waals surface area contributed by atoms with Gasteiger partial charge in [-0.1, -0.05) is 17.7 Å². The highest BCUT2D eigenvalue weighted by atomic mass is 35.5. The summed E-state index contributed by atoms with van der Waals surface area (Å²) in [7, 11) is 3.83. The van der Waals surface area contributed by atoms with Gasteiger partial charge in [0.05, 0.1) is 0 Å². The number of nitrogens with zero attached hydrogens (tertiary/aromatic N) is 1. The van der Waals surface area contributed by atoms with E-state index < -0.39 is 0 Å². The van der Waals surface area contributed by atoms with Crippen LogP contribution in [-0.2, 0) is 11.3 Å². The van der Waals surface area contributed by atoms with Crippen LogP contribution >= 0.6 is 11.6 Å². The second-order valence-electron chi connectivity index (χ2n) is 6.11. The van der Waals surface area contributed by atoms with Gasteiger partial charge in [-0.25, -0.2) is 0 Å². The lowest BCUT2D eigenvalue weighted by Gasteiger charge is -2.26. The Balaban J connectivity index is 2.81. The zero-order valence-corrected chi connectivity index (χ0v) is 14.0. The van der Waals surface area contributed by atoms with Gasteiger partial charge in [0.1, 0.15) is 0 Å². The Hall–Kier alpha value is -0.770. The maximum Gasteiger partial charge on any atom is 0.0479 e. The van der Waals surface area contributed by atoms with E-state index in [1.165, 1.54) is 5.69 Å². The minimum atomic E-state index is 0.0745. The van der Waals surface area contributed by atoms with Gasteiger partial charge in [-0.2, -0.15) is 0 Å². The minimum absolute atomic E-state index is 0.0745. The third-order valence-corrected chi connectivity index (χ3v) is 3.50. The van der Waals surface area contributed by atoms with E-state index >= 15 is 0 Å². The fourth-order valence-electron chi connectivity index (χ4n) is 2.00. The van der Waals surface area contributed by atoms with Gasteiger partial charge in [0.15, 0.2) is 0 Å². The number of halogens is 1. The Bertz CT molecular complexity index is 415. The molecule has 114 valence electrons. The molecular weight excluding hydrogens is 272 g/mol. The van der Waals surface area contributed by atoms with Crippen molar-refractivity contribution in [1.82, 2.24) is 5.32 Å². The SMILES string of the molecule is COCCCN(C)c1cccc(Cl)c1CNC(C)(C)C. The average Bonchev–Trinajstić information content (AvgIpc) is 2.36. The minimum Gasteiger partial charge on any atom is -0.385 e. The molecule has 0 aliphatic heterocycles. The van der Waals surface area contributed by atoms with Crippen LogP contribution < -0.4 is 10.2 Å². The molecule has 0 atom stereocenters. The summed E-state index contributed by atoms with van der Waals surface area (Å²) in [5.74, 6) is 0. The van der Waals surface area contributed by atoms with Gasteiger partial charge >= 0.3 is 0 Å². The lowest BCUT2D eigenvalue weighted by atomic mass is 10.1. The van der Waals surface area contributed by atoms with Crippen LogP contribution in [0.2, 0.25) is 5.02 Å². The number of nitrogens with one attached hydrogen (secondary N) is 1. The number of hydrogen-bond donors (Lipinski definition) is 1. The summed E-state index contributed by atoms with van der Waals surface area (Å²) in [5, 5.41) is 4.32. The van der Waals surface area contributed by atoms with Crippen LogP contribution in [0, 0.1) is 0 Å². The Kier molecular flexibility index (Phi) is 6.80. The summed E-state index contributed by atoms with van der Waals surface area (Å²) in [6, 6.07) is 6.08. The van der Waals surface area contributed by atoms with Gasteiger partial charge in [-0.05, 0) is 39.3 Å². The van der Waals surface area contributed by atoms with E-state index in [0.29, 0.717) is 0 Å². The van der Waals surface area contributed by atoms with Crippen molar-refractivity contribution < 1.29 is 4.74 Å². The number of rotatable bonds is 7. The third-order valence-electron chi connectivity index (χ3n) is 3.14. The zero-order valence-electron chi connectivity index (χ0n) is 13.3. The van der Waals surface area contributed by atoms with Crippen LogP contribution in [0.15, 0.2) is 18.2 Å². The van der Waals surface area contributed by atoms with E-state index in [0.717, 1.165) is 36.7 Å². The zero-order chi connectivity index (χ0) is 15.2. The number of anilines is 1. The van der Waals surface area contributed by atoms with E-state index in [2.05, 4.69) is 44.1 Å². The molecule has 0 aromatic heterocycles. The van der Waals surface area contributed by atoms with Gasteiger partial charge in [0, 0.05) is 55.7 Å². The fraction of sp³-hybridized carbons (Fsp3) is 0.625. The molecule has 0 saturated heterocycles. The van der Waals surface area contributed by atoms with Crippen molar-refractivity contribution >= 4 is 17.3 Å². The van der Waals surface area contributed by atoms with Crippen LogP contribution in [0.1, 0.15) is 32.8 Å². The number of ether oxygens (including phenoxy) is 1. The van der Waals surface area contributed by atoms with Crippen LogP contribution in [0.25, 0.3) is 0 Å². The summed E-state index contributed by atoms with van der Waals surface area (Å²) >= 11 is 6.37. The summed E-state index contributed by atoms with van der Waals surface area (Å²) in [5.41, 5.74) is 2.42. The summed E-state index contributed by atoms with van der Waals surface area (Å²) in [6.45, 7) is 8.98. The molecule has 1 rings (SSSR count). The first-order valence-corrected chi connectivity index (χ1v) is 7.45. The van der Waals surface area contributed by atoms with Crippen molar-refractivity contribution in [3.05, 3.63) is 28.8 Å². The predicted molar refractivity (Wildman–Crippen MR) is 87.8 cm³/mol. The van der Waals surface area contributed by atoms with E-state index in [9.17, 15) is 0 Å². The van der Waals surface area contributed by atoms with Crippen LogP contribution in [0.4, 0.5) is 5.69 Å². The van der Waals surface area contributed by atoms with E-state index in [-0.39, 0.29) is 5.54 Å². The fourth-order valence-corrected chi connectivity index (χ4v) is 2.24. The lowest BCUT2D eigenvalue weighted by Crippen LogP contribution is -2.35. The highest BCUT2D eigenvalue weighted by molar-refractivity contribution is 6.31. The lowest BCUT2D eigenvalue weighted by molar-refractivity contribution is 0.196. The quantitative estimate of drug-likeness (QED) is 0.777. The van der Waals surface area contributed by atoms with Crippen LogP contribution in [-0.4, -0.2) is 32.8 Å². The first-order valence-electron chi connectivity index (χ1n) is 7.07. The first kappa shape index (κ1) is 17.3. The third kappa shape index (κ3) is 5.70. The van der Waals surface area contributed by atoms with Crippen LogP contribution in [0.5, 0.6) is 0 Å². The number of hydrogen-bond acceptors (Lipinski definition) is 3. The molecule has 0 unspecified atom stereocenters. The first-order chi connectivity index (χ1) is 9.35. The monoisotopic (exact) mass is 298 g/mol. The van der Waals surface area contributed by atoms with Gasteiger partial charge in [-0.3, -0.25) is 0 Å². The molecule has 0 amide bonds. The molecule has 4 heteroatoms. The van der Waals surface area contributed by atoms with Crippen LogP contribution in [0.3, 0.4) is 0 Å². The summed E-state index contributed by atoms with van der Waals surface area (Å²) < 4.78 is 5.11. The maximum atomic E-state index is 6.37. The molecule has 3 nitrogen and oxygen atoms in total. The smallest absolute Gasteiger partial charge is 0.0479 e. The molecule has 0 aliphatic carbocycles. The molecule has 1 aromatic rings. The number of methoxy groups -OCH3 is 1. The molecule has 1 aromatic carbocycles. The molecule has 0 saturated carbocycles. The molecule has 0 aliphatic rings. The Labute approximate surface area is 128 Å². The van der Waals surface area contributed by atoms with E-state index in [1.807, 2.05) is 12.1 Å². The summed E-state index contributed by atoms with van der Waals surface area (Å²) in [6.07, 6.45) is 1.01. The highest BCUT2D eigenvalue weighted by Gasteiger charge is 2.14. The Morgan fingerprint density at radius 1 is 1.30 bits per heavy atom. The van der Waals surface area contributed by atoms with Gasteiger partial charge < -0.3 is 15.0 Å². The molecular formula is C16H27ClN2O. The molecule has 0 bridgehead atoms. The Morgan fingerprint density at radius 3 is 2.60 bits per heavy atom. The second kappa shape index (κ2) is 7.87. The largest absolute Gasteiger partial charge is 0.385 e. The standard InChI is InChI=1S/C16H27ClN2O/c1-16(2,3)18-12-13-14(17)8-6-9-15(13)19(4)10-7-11-20-5/h6,8-9,18H,7,10-12H2,1-5H3. The molecule has 0 spiro atoms. The molecule has 0 radical (unpaired) electrons. The predicted octanol–water partition coefficient (Wildman–Crippen LogP) is 3.70. The van der Waals surface area contributed by atoms with Crippen molar-refractivity contribution in [2.24, 2.45) is 0 Å². The van der Waals surface area contributed by atoms with E-state index in [1.54, 1.807) is 7.11 Å². The van der Waals surface area contributed by atoms with Crippen molar-refractivity contribution in [2.75, 3.05) is 32.2 Å². The summed E-state index contributed by atoms with van der Waals surface area (Å²) in [4.78, 5) is 2.24. The van der Waals surface area contributed by atoms with E-state index in [4.69, 9.17) is 16.3 Å². The van der Waals surface area contributed by atoms with Gasteiger partial charge in [0.2, 0.25) is 0 Å². The topological polar surface area (TPSA) is 24.5 Å². The van der Waals surface area contributed by atoms with Crippen molar-refractivity contribution in [1.29, 1.82) is 0 Å². The van der Waals surface area contributed by atoms with Gasteiger partial charge in [-0.15, -0.1) is 0 Å².